The van der Waals surface area contributed by atoms with Gasteiger partial charge in [-0.05, 0) is 45.5 Å². The van der Waals surface area contributed by atoms with Crippen LogP contribution in [-0.2, 0) is 0 Å². The highest BCUT2D eigenvalue weighted by molar-refractivity contribution is 5.81. The number of nitrogens with two attached hydrogens (primary N) is 1. The van der Waals surface area contributed by atoms with Gasteiger partial charge in [0.1, 0.15) is 11.3 Å². The lowest BCUT2D eigenvalue weighted by atomic mass is 9.82. The molecule has 2 N–H and O–H groups in total. The largest absolute Gasteiger partial charge is 0.459 e. The van der Waals surface area contributed by atoms with Gasteiger partial charge < -0.3 is 15.1 Å². The van der Waals surface area contributed by atoms with Gasteiger partial charge in [0, 0.05) is 10.9 Å². The number of nitrogens with zero attached hydrogens (tertiary/aromatic N) is 1. The maximum absolute atomic E-state index is 6.57. The highest BCUT2D eigenvalue weighted by Gasteiger charge is 2.38. The van der Waals surface area contributed by atoms with Crippen LogP contribution in [0.3, 0.4) is 0 Å². The first kappa shape index (κ1) is 15.1. The molecule has 1 unspecified atom stereocenters. The van der Waals surface area contributed by atoms with Gasteiger partial charge in [-0.1, -0.05) is 32.0 Å². The minimum absolute atomic E-state index is 0.0677. The van der Waals surface area contributed by atoms with E-state index in [9.17, 15) is 0 Å². The molecule has 0 saturated heterocycles. The first-order valence-electron chi connectivity index (χ1n) is 7.38. The first-order valence-corrected chi connectivity index (χ1v) is 7.38. The summed E-state index contributed by atoms with van der Waals surface area (Å²) < 4.78 is 6.07. The molecule has 110 valence electrons. The molecule has 0 aliphatic heterocycles. The van der Waals surface area contributed by atoms with Gasteiger partial charge in [-0.2, -0.15) is 0 Å². The molecule has 1 aromatic carbocycles. The van der Waals surface area contributed by atoms with Gasteiger partial charge in [-0.15, -0.1) is 0 Å². The van der Waals surface area contributed by atoms with Crippen molar-refractivity contribution in [1.29, 1.82) is 0 Å². The molecule has 2 aromatic rings. The van der Waals surface area contributed by atoms with Crippen molar-refractivity contribution in [3.63, 3.8) is 0 Å². The van der Waals surface area contributed by atoms with E-state index in [4.69, 9.17) is 10.2 Å². The van der Waals surface area contributed by atoms with Crippen LogP contribution in [-0.4, -0.2) is 24.5 Å². The van der Waals surface area contributed by atoms with Crippen LogP contribution in [0.25, 0.3) is 11.0 Å². The van der Waals surface area contributed by atoms with Crippen LogP contribution in [0, 0.1) is 6.92 Å². The van der Waals surface area contributed by atoms with Crippen molar-refractivity contribution in [2.24, 2.45) is 5.73 Å². The van der Waals surface area contributed by atoms with E-state index in [-0.39, 0.29) is 11.6 Å². The Morgan fingerprint density at radius 3 is 2.40 bits per heavy atom. The average Bonchev–Trinajstić information content (AvgIpc) is 2.85. The number of furan rings is 1. The summed E-state index contributed by atoms with van der Waals surface area (Å²) in [4.78, 5) is 2.23. The molecule has 3 nitrogen and oxygen atoms in total. The van der Waals surface area contributed by atoms with Gasteiger partial charge in [0.2, 0.25) is 0 Å². The first-order chi connectivity index (χ1) is 9.46. The summed E-state index contributed by atoms with van der Waals surface area (Å²) in [7, 11) is 4.20. The minimum atomic E-state index is -0.126. The molecule has 1 aromatic heterocycles. The summed E-state index contributed by atoms with van der Waals surface area (Å²) >= 11 is 0. The van der Waals surface area contributed by atoms with E-state index in [1.54, 1.807) is 0 Å². The molecule has 3 heteroatoms. The molecule has 20 heavy (non-hydrogen) atoms. The van der Waals surface area contributed by atoms with Gasteiger partial charge in [-0.25, -0.2) is 0 Å². The van der Waals surface area contributed by atoms with Crippen LogP contribution >= 0.6 is 0 Å². The molecule has 0 saturated carbocycles. The molecular weight excluding hydrogens is 248 g/mol. The van der Waals surface area contributed by atoms with Crippen LogP contribution in [0.15, 0.2) is 28.7 Å². The Morgan fingerprint density at radius 1 is 1.25 bits per heavy atom. The van der Waals surface area contributed by atoms with Crippen molar-refractivity contribution in [2.75, 3.05) is 14.1 Å². The lowest BCUT2D eigenvalue weighted by Gasteiger charge is -2.42. The second kappa shape index (κ2) is 5.58. The SMILES string of the molecule is CCC(CC)(C(N)c1cc2cccc(C)c2o1)N(C)C. The Hall–Kier alpha value is -1.32. The number of hydrogen-bond acceptors (Lipinski definition) is 3. The Labute approximate surface area is 121 Å². The standard InChI is InChI=1S/C17H26N2O/c1-6-17(7-2,19(4)5)16(18)14-11-13-10-8-9-12(3)15(13)20-14/h8-11,16H,6-7,18H2,1-5H3. The number of benzene rings is 1. The zero-order valence-electron chi connectivity index (χ0n) is 13.2. The van der Waals surface area contributed by atoms with E-state index in [1.165, 1.54) is 0 Å². The van der Waals surface area contributed by atoms with Crippen LogP contribution < -0.4 is 5.73 Å². The zero-order chi connectivity index (χ0) is 14.9. The fraction of sp³-hybridized carbons (Fsp3) is 0.529. The molecule has 0 radical (unpaired) electrons. The predicted octanol–water partition coefficient (Wildman–Crippen LogP) is 3.86. The fourth-order valence-corrected chi connectivity index (χ4v) is 3.25. The second-order valence-electron chi connectivity index (χ2n) is 5.82. The summed E-state index contributed by atoms with van der Waals surface area (Å²) in [5.41, 5.74) is 8.62. The Bertz CT molecular complexity index is 582. The monoisotopic (exact) mass is 274 g/mol. The number of likely N-dealkylation sites (N-methyl/N-ethyl adjacent to an activating group) is 1. The normalized spacial score (nSPS) is 14.2. The Kier molecular flexibility index (Phi) is 4.21. The highest BCUT2D eigenvalue weighted by Crippen LogP contribution is 2.36. The van der Waals surface area contributed by atoms with Crippen LogP contribution in [0.1, 0.15) is 44.1 Å². The van der Waals surface area contributed by atoms with Crippen molar-refractivity contribution in [2.45, 2.75) is 45.2 Å². The van der Waals surface area contributed by atoms with Gasteiger partial charge in [0.25, 0.3) is 0 Å². The molecule has 1 atom stereocenters. The van der Waals surface area contributed by atoms with E-state index in [0.29, 0.717) is 0 Å². The van der Waals surface area contributed by atoms with Crippen molar-refractivity contribution in [3.8, 4) is 0 Å². The number of para-hydroxylation sites is 1. The molecule has 0 amide bonds. The molecule has 0 aliphatic carbocycles. The van der Waals surface area contributed by atoms with E-state index in [1.807, 2.05) is 0 Å². The maximum Gasteiger partial charge on any atom is 0.137 e. The summed E-state index contributed by atoms with van der Waals surface area (Å²) in [6.45, 7) is 6.45. The number of aryl methyl sites for hydroxylation is 1. The second-order valence-corrected chi connectivity index (χ2v) is 5.82. The third kappa shape index (κ3) is 2.25. The maximum atomic E-state index is 6.57. The molecule has 1 heterocycles. The topological polar surface area (TPSA) is 42.4 Å². The van der Waals surface area contributed by atoms with Crippen LogP contribution in [0.2, 0.25) is 0 Å². The Morgan fingerprint density at radius 2 is 1.90 bits per heavy atom. The van der Waals surface area contributed by atoms with E-state index < -0.39 is 0 Å². The van der Waals surface area contributed by atoms with Crippen molar-refractivity contribution in [3.05, 3.63) is 35.6 Å². The molecule has 2 rings (SSSR count). The predicted molar refractivity (Wildman–Crippen MR) is 84.9 cm³/mol. The number of hydrogen-bond donors (Lipinski definition) is 1. The molecule has 0 spiro atoms. The molecule has 0 bridgehead atoms. The van der Waals surface area contributed by atoms with Crippen molar-refractivity contribution >= 4 is 11.0 Å². The van der Waals surface area contributed by atoms with Gasteiger partial charge in [0.15, 0.2) is 0 Å². The average molecular weight is 274 g/mol. The summed E-state index contributed by atoms with van der Waals surface area (Å²) in [5.74, 6) is 0.881. The third-order valence-electron chi connectivity index (χ3n) is 4.76. The third-order valence-corrected chi connectivity index (χ3v) is 4.76. The molecular formula is C17H26N2O. The van der Waals surface area contributed by atoms with Gasteiger partial charge in [0.05, 0.1) is 6.04 Å². The van der Waals surface area contributed by atoms with Crippen LogP contribution in [0.5, 0.6) is 0 Å². The Balaban J connectivity index is 2.49. The quantitative estimate of drug-likeness (QED) is 0.900. The molecule has 0 aliphatic rings. The smallest absolute Gasteiger partial charge is 0.137 e. The lowest BCUT2D eigenvalue weighted by molar-refractivity contribution is 0.0969. The summed E-state index contributed by atoms with van der Waals surface area (Å²) in [5, 5.41) is 1.13. The van der Waals surface area contributed by atoms with E-state index in [0.717, 1.165) is 35.1 Å². The number of rotatable bonds is 5. The lowest BCUT2D eigenvalue weighted by Crippen LogP contribution is -2.51. The van der Waals surface area contributed by atoms with Crippen molar-refractivity contribution < 1.29 is 4.42 Å². The van der Waals surface area contributed by atoms with Gasteiger partial charge in [-0.3, -0.25) is 0 Å². The zero-order valence-corrected chi connectivity index (χ0v) is 13.2. The molecule has 0 fully saturated rings. The minimum Gasteiger partial charge on any atom is -0.459 e. The van der Waals surface area contributed by atoms with E-state index >= 15 is 0 Å². The van der Waals surface area contributed by atoms with Crippen molar-refractivity contribution in [1.82, 2.24) is 4.90 Å². The van der Waals surface area contributed by atoms with Gasteiger partial charge >= 0.3 is 0 Å². The summed E-state index contributed by atoms with van der Waals surface area (Å²) in [6, 6.07) is 8.18. The fourth-order valence-electron chi connectivity index (χ4n) is 3.25. The summed E-state index contributed by atoms with van der Waals surface area (Å²) in [6.07, 6.45) is 1.99. The van der Waals surface area contributed by atoms with E-state index in [2.05, 4.69) is 64.0 Å². The number of fused-ring (bicyclic) bond motifs is 1. The highest BCUT2D eigenvalue weighted by atomic mass is 16.3. The van der Waals surface area contributed by atoms with Crippen LogP contribution in [0.4, 0.5) is 0 Å².